The normalized spacial score (nSPS) is 11.7. The first kappa shape index (κ1) is 26.2. The molecular formula is C26H31N3O5S. The number of thiophene rings is 1. The highest BCUT2D eigenvalue weighted by atomic mass is 32.1. The Labute approximate surface area is 209 Å². The van der Waals surface area contributed by atoms with Crippen LogP contribution in [-0.4, -0.2) is 55.2 Å². The number of ketones is 1. The average molecular weight is 498 g/mol. The molecule has 0 fully saturated rings. The summed E-state index contributed by atoms with van der Waals surface area (Å²) in [6.45, 7) is 5.37. The molecule has 0 saturated heterocycles. The van der Waals surface area contributed by atoms with E-state index < -0.39 is 5.92 Å². The number of ether oxygens (including phenoxy) is 1. The monoisotopic (exact) mass is 497 g/mol. The second-order valence-electron chi connectivity index (χ2n) is 8.57. The van der Waals surface area contributed by atoms with Crippen LogP contribution in [0, 0.1) is 12.8 Å². The van der Waals surface area contributed by atoms with Gasteiger partial charge in [-0.25, -0.2) is 4.98 Å². The standard InChI is InChI=1S/C26H31N3O5S/c1-16(25(32)28(4)5)15-21(31)29(13-11-19-9-7-8-10-20(19)33-6)26-22(18(3)30)17(2)23(35-26)24-27-12-14-34-24/h7-10,12,14,16H,11,13,15H2,1-6H3. The van der Waals surface area contributed by atoms with Crippen molar-refractivity contribution in [1.82, 2.24) is 9.88 Å². The molecule has 0 radical (unpaired) electrons. The van der Waals surface area contributed by atoms with Crippen LogP contribution >= 0.6 is 11.3 Å². The number of nitrogens with zero attached hydrogens (tertiary/aromatic N) is 3. The van der Waals surface area contributed by atoms with Gasteiger partial charge in [-0.15, -0.1) is 11.3 Å². The van der Waals surface area contributed by atoms with Gasteiger partial charge in [0.15, 0.2) is 5.78 Å². The number of aromatic nitrogens is 1. The van der Waals surface area contributed by atoms with Crippen molar-refractivity contribution in [1.29, 1.82) is 0 Å². The van der Waals surface area contributed by atoms with Gasteiger partial charge in [0.25, 0.3) is 0 Å². The number of benzene rings is 1. The number of para-hydroxylation sites is 1. The highest BCUT2D eigenvalue weighted by Crippen LogP contribution is 2.42. The van der Waals surface area contributed by atoms with Crippen LogP contribution in [0.15, 0.2) is 41.1 Å². The number of carbonyl (C=O) groups is 3. The van der Waals surface area contributed by atoms with Gasteiger partial charge in [0.1, 0.15) is 17.0 Å². The third-order valence-electron chi connectivity index (χ3n) is 5.79. The fourth-order valence-electron chi connectivity index (χ4n) is 4.02. The summed E-state index contributed by atoms with van der Waals surface area (Å²) < 4.78 is 11.0. The van der Waals surface area contributed by atoms with Gasteiger partial charge in [-0.05, 0) is 37.5 Å². The number of amides is 2. The number of hydrogen-bond acceptors (Lipinski definition) is 7. The minimum absolute atomic E-state index is 0.0194. The quantitative estimate of drug-likeness (QED) is 0.380. The van der Waals surface area contributed by atoms with E-state index in [1.54, 1.807) is 39.2 Å². The first-order valence-corrected chi connectivity index (χ1v) is 12.1. The van der Waals surface area contributed by atoms with Crippen molar-refractivity contribution >= 4 is 33.9 Å². The lowest BCUT2D eigenvalue weighted by molar-refractivity contribution is -0.135. The molecule has 0 aliphatic carbocycles. The van der Waals surface area contributed by atoms with Crippen LogP contribution in [0.3, 0.4) is 0 Å². The van der Waals surface area contributed by atoms with Crippen molar-refractivity contribution in [2.24, 2.45) is 5.92 Å². The second kappa shape index (κ2) is 11.3. The molecule has 9 heteroatoms. The van der Waals surface area contributed by atoms with Gasteiger partial charge in [0, 0.05) is 33.0 Å². The second-order valence-corrected chi connectivity index (χ2v) is 9.57. The molecule has 0 bridgehead atoms. The Morgan fingerprint density at radius 3 is 2.51 bits per heavy atom. The number of methoxy groups -OCH3 is 1. The van der Waals surface area contributed by atoms with Crippen LogP contribution in [0.25, 0.3) is 10.8 Å². The molecular weight excluding hydrogens is 466 g/mol. The first-order valence-electron chi connectivity index (χ1n) is 11.3. The summed E-state index contributed by atoms with van der Waals surface area (Å²) in [5, 5.41) is 0.535. The predicted molar refractivity (Wildman–Crippen MR) is 136 cm³/mol. The Hall–Kier alpha value is -3.46. The molecule has 0 aliphatic rings. The van der Waals surface area contributed by atoms with Gasteiger partial charge in [0.05, 0.1) is 23.7 Å². The highest BCUT2D eigenvalue weighted by Gasteiger charge is 2.30. The molecule has 3 aromatic rings. The van der Waals surface area contributed by atoms with Gasteiger partial charge in [0.2, 0.25) is 17.7 Å². The molecule has 2 heterocycles. The van der Waals surface area contributed by atoms with Crippen LogP contribution < -0.4 is 9.64 Å². The smallest absolute Gasteiger partial charge is 0.236 e. The van der Waals surface area contributed by atoms with Gasteiger partial charge in [-0.2, -0.15) is 0 Å². The van der Waals surface area contributed by atoms with Crippen molar-refractivity contribution in [3.8, 4) is 16.5 Å². The molecule has 186 valence electrons. The predicted octanol–water partition coefficient (Wildman–Crippen LogP) is 4.61. The Bertz CT molecular complexity index is 1200. The number of carbonyl (C=O) groups excluding carboxylic acids is 3. The molecule has 3 rings (SSSR count). The van der Waals surface area contributed by atoms with Gasteiger partial charge < -0.3 is 19.0 Å². The maximum absolute atomic E-state index is 13.6. The zero-order chi connectivity index (χ0) is 25.7. The summed E-state index contributed by atoms with van der Waals surface area (Å²) in [5.41, 5.74) is 2.12. The van der Waals surface area contributed by atoms with E-state index in [-0.39, 0.29) is 24.0 Å². The molecule has 0 N–H and O–H groups in total. The van der Waals surface area contributed by atoms with Crippen LogP contribution in [0.1, 0.15) is 41.8 Å². The van der Waals surface area contributed by atoms with Crippen LogP contribution in [0.2, 0.25) is 0 Å². The maximum Gasteiger partial charge on any atom is 0.236 e. The lowest BCUT2D eigenvalue weighted by Gasteiger charge is -2.25. The topological polar surface area (TPSA) is 92.9 Å². The van der Waals surface area contributed by atoms with Gasteiger partial charge >= 0.3 is 0 Å². The van der Waals surface area contributed by atoms with Crippen molar-refractivity contribution in [3.05, 3.63) is 53.4 Å². The van der Waals surface area contributed by atoms with Gasteiger partial charge in [-0.1, -0.05) is 25.1 Å². The summed E-state index contributed by atoms with van der Waals surface area (Å²) in [7, 11) is 4.94. The molecule has 8 nitrogen and oxygen atoms in total. The summed E-state index contributed by atoms with van der Waals surface area (Å²) in [6, 6.07) is 7.62. The lowest BCUT2D eigenvalue weighted by Crippen LogP contribution is -2.37. The van der Waals surface area contributed by atoms with E-state index in [0.29, 0.717) is 39.9 Å². The van der Waals surface area contributed by atoms with Crippen molar-refractivity contribution in [2.45, 2.75) is 33.6 Å². The van der Waals surface area contributed by atoms with E-state index in [9.17, 15) is 14.4 Å². The first-order chi connectivity index (χ1) is 16.6. The maximum atomic E-state index is 13.6. The number of hydrogen-bond donors (Lipinski definition) is 0. The molecule has 0 spiro atoms. The third kappa shape index (κ3) is 5.79. The van der Waals surface area contributed by atoms with E-state index in [0.717, 1.165) is 11.3 Å². The van der Waals surface area contributed by atoms with E-state index in [4.69, 9.17) is 9.15 Å². The third-order valence-corrected chi connectivity index (χ3v) is 7.10. The summed E-state index contributed by atoms with van der Waals surface area (Å²) in [5.74, 6) is 0.113. The van der Waals surface area contributed by atoms with E-state index in [1.165, 1.54) is 29.4 Å². The Morgan fingerprint density at radius 1 is 1.20 bits per heavy atom. The lowest BCUT2D eigenvalue weighted by atomic mass is 10.0. The number of anilines is 1. The molecule has 2 aromatic heterocycles. The molecule has 0 aliphatic heterocycles. The van der Waals surface area contributed by atoms with E-state index >= 15 is 0 Å². The number of Topliss-reactive ketones (excluding diaryl/α,β-unsaturated/α-hetero) is 1. The molecule has 1 aromatic carbocycles. The number of oxazole rings is 1. The molecule has 2 amide bonds. The fourth-order valence-corrected chi connectivity index (χ4v) is 5.36. The Morgan fingerprint density at radius 2 is 1.91 bits per heavy atom. The molecule has 35 heavy (non-hydrogen) atoms. The fraction of sp³-hybridized carbons (Fsp3) is 0.385. The van der Waals surface area contributed by atoms with Crippen molar-refractivity contribution < 1.29 is 23.5 Å². The van der Waals surface area contributed by atoms with E-state index in [1.807, 2.05) is 31.2 Å². The average Bonchev–Trinajstić information content (AvgIpc) is 3.46. The SMILES string of the molecule is COc1ccccc1CCN(C(=O)CC(C)C(=O)N(C)C)c1sc(-c2ncco2)c(C)c1C(C)=O. The summed E-state index contributed by atoms with van der Waals surface area (Å²) in [6.07, 6.45) is 3.54. The summed E-state index contributed by atoms with van der Waals surface area (Å²) >= 11 is 1.30. The van der Waals surface area contributed by atoms with E-state index in [2.05, 4.69) is 4.98 Å². The Balaban J connectivity index is 2.03. The minimum Gasteiger partial charge on any atom is -0.496 e. The largest absolute Gasteiger partial charge is 0.496 e. The van der Waals surface area contributed by atoms with Crippen molar-refractivity contribution in [3.63, 3.8) is 0 Å². The zero-order valence-electron chi connectivity index (χ0n) is 21.0. The van der Waals surface area contributed by atoms with Crippen LogP contribution in [-0.2, 0) is 16.0 Å². The molecule has 1 atom stereocenters. The van der Waals surface area contributed by atoms with Gasteiger partial charge in [-0.3, -0.25) is 14.4 Å². The van der Waals surface area contributed by atoms with Crippen molar-refractivity contribution in [2.75, 3.05) is 32.6 Å². The Kier molecular flexibility index (Phi) is 8.45. The molecule has 1 unspecified atom stereocenters. The van der Waals surface area contributed by atoms with Crippen LogP contribution in [0.5, 0.6) is 5.75 Å². The number of rotatable bonds is 10. The minimum atomic E-state index is -0.501. The zero-order valence-corrected chi connectivity index (χ0v) is 21.8. The molecule has 0 saturated carbocycles. The van der Waals surface area contributed by atoms with Crippen LogP contribution in [0.4, 0.5) is 5.00 Å². The summed E-state index contributed by atoms with van der Waals surface area (Å²) in [4.78, 5) is 46.8. The highest BCUT2D eigenvalue weighted by molar-refractivity contribution is 7.20.